The van der Waals surface area contributed by atoms with Crippen LogP contribution in [0.15, 0.2) is 48.8 Å². The predicted molar refractivity (Wildman–Crippen MR) is 138 cm³/mol. The predicted octanol–water partition coefficient (Wildman–Crippen LogP) is 3.46. The lowest BCUT2D eigenvalue weighted by Crippen LogP contribution is -2.40. The number of fused-ring (bicyclic) bond motifs is 3. The summed E-state index contributed by atoms with van der Waals surface area (Å²) < 4.78 is 2.15. The van der Waals surface area contributed by atoms with Gasteiger partial charge in [0.2, 0.25) is 0 Å². The van der Waals surface area contributed by atoms with Crippen molar-refractivity contribution in [3.63, 3.8) is 0 Å². The maximum absolute atomic E-state index is 12.7. The summed E-state index contributed by atoms with van der Waals surface area (Å²) in [7, 11) is 0. The van der Waals surface area contributed by atoms with Crippen LogP contribution in [0.2, 0.25) is 0 Å². The van der Waals surface area contributed by atoms with Crippen molar-refractivity contribution < 1.29 is 9.59 Å². The van der Waals surface area contributed by atoms with E-state index in [0.717, 1.165) is 55.2 Å². The Hall–Kier alpha value is -3.72. The highest BCUT2D eigenvalue weighted by molar-refractivity contribution is 6.40. The second-order valence-corrected chi connectivity index (χ2v) is 10.2. The Morgan fingerprint density at radius 1 is 1.06 bits per heavy atom. The molecule has 9 nitrogen and oxygen atoms in total. The maximum Gasteiger partial charge on any atom is 0.314 e. The van der Waals surface area contributed by atoms with Crippen LogP contribution < -0.4 is 10.6 Å². The molecule has 186 valence electrons. The minimum atomic E-state index is -0.672. The van der Waals surface area contributed by atoms with Crippen LogP contribution in [0.25, 0.3) is 21.9 Å². The average molecular weight is 486 g/mol. The van der Waals surface area contributed by atoms with E-state index in [4.69, 9.17) is 0 Å². The first-order valence-electron chi connectivity index (χ1n) is 12.8. The molecule has 2 aliphatic rings. The lowest BCUT2D eigenvalue weighted by atomic mass is 9.93. The highest BCUT2D eigenvalue weighted by Gasteiger charge is 2.31. The summed E-state index contributed by atoms with van der Waals surface area (Å²) in [4.78, 5) is 36.5. The average Bonchev–Trinajstić information content (AvgIpc) is 3.47. The van der Waals surface area contributed by atoms with Gasteiger partial charge in [-0.25, -0.2) is 9.97 Å². The zero-order valence-corrected chi connectivity index (χ0v) is 20.4. The van der Waals surface area contributed by atoms with Crippen molar-refractivity contribution in [3.8, 4) is 0 Å². The Morgan fingerprint density at radius 3 is 2.69 bits per heavy atom. The van der Waals surface area contributed by atoms with Gasteiger partial charge in [-0.05, 0) is 49.3 Å². The Balaban J connectivity index is 1.32. The zero-order chi connectivity index (χ0) is 24.6. The van der Waals surface area contributed by atoms with Crippen LogP contribution in [0.1, 0.15) is 37.8 Å². The lowest BCUT2D eigenvalue weighted by molar-refractivity contribution is -0.136. The summed E-state index contributed by atoms with van der Waals surface area (Å²) in [6.07, 6.45) is 6.76. The second kappa shape index (κ2) is 9.39. The molecule has 2 fully saturated rings. The number of nitrogens with one attached hydrogen (secondary N) is 3. The Labute approximate surface area is 209 Å². The number of aromatic nitrogens is 4. The van der Waals surface area contributed by atoms with E-state index in [1.165, 1.54) is 5.56 Å². The number of carbonyl (C=O) groups is 2. The van der Waals surface area contributed by atoms with Gasteiger partial charge in [0.15, 0.2) is 5.65 Å². The van der Waals surface area contributed by atoms with Gasteiger partial charge in [0.25, 0.3) is 0 Å². The van der Waals surface area contributed by atoms with E-state index in [1.54, 1.807) is 12.4 Å². The molecule has 3 N–H and O–H groups in total. The molecule has 0 unspecified atom stereocenters. The van der Waals surface area contributed by atoms with E-state index >= 15 is 0 Å². The highest BCUT2D eigenvalue weighted by Crippen LogP contribution is 2.36. The molecule has 6 rings (SSSR count). The molecule has 1 aliphatic heterocycles. The minimum Gasteiger partial charge on any atom is -0.348 e. The van der Waals surface area contributed by atoms with E-state index in [9.17, 15) is 9.59 Å². The largest absolute Gasteiger partial charge is 0.348 e. The number of hydrogen-bond acceptors (Lipinski definition) is 5. The molecular weight excluding hydrogens is 454 g/mol. The number of pyridine rings is 1. The van der Waals surface area contributed by atoms with Gasteiger partial charge in [0.05, 0.1) is 16.9 Å². The van der Waals surface area contributed by atoms with Gasteiger partial charge in [-0.1, -0.05) is 37.3 Å². The number of anilines is 1. The van der Waals surface area contributed by atoms with Crippen LogP contribution in [0.3, 0.4) is 0 Å². The van der Waals surface area contributed by atoms with E-state index in [0.29, 0.717) is 29.8 Å². The molecule has 0 radical (unpaired) electrons. The van der Waals surface area contributed by atoms with Crippen molar-refractivity contribution in [2.75, 3.05) is 25.0 Å². The Bertz CT molecular complexity index is 1410. The molecule has 1 saturated carbocycles. The summed E-state index contributed by atoms with van der Waals surface area (Å²) in [5.41, 5.74) is 2.91. The summed E-state index contributed by atoms with van der Waals surface area (Å²) in [6, 6.07) is 12.6. The molecule has 1 saturated heterocycles. The molecule has 3 aromatic heterocycles. The third-order valence-electron chi connectivity index (χ3n) is 7.52. The minimum absolute atomic E-state index is 0.153. The van der Waals surface area contributed by atoms with Crippen LogP contribution >= 0.6 is 0 Å². The molecule has 1 aliphatic carbocycles. The molecule has 0 bridgehead atoms. The van der Waals surface area contributed by atoms with Gasteiger partial charge in [-0.15, -0.1) is 0 Å². The molecule has 2 atom stereocenters. The van der Waals surface area contributed by atoms with Gasteiger partial charge in [-0.3, -0.25) is 24.3 Å². The van der Waals surface area contributed by atoms with E-state index in [1.807, 2.05) is 12.1 Å². The number of benzene rings is 1. The number of piperidine rings is 1. The van der Waals surface area contributed by atoms with Crippen molar-refractivity contribution >= 4 is 39.6 Å². The summed E-state index contributed by atoms with van der Waals surface area (Å²) >= 11 is 0. The normalized spacial score (nSPS) is 20.6. The molecule has 0 spiro atoms. The maximum atomic E-state index is 12.7. The molecule has 36 heavy (non-hydrogen) atoms. The first kappa shape index (κ1) is 22.7. The number of amides is 2. The third kappa shape index (κ3) is 4.46. The van der Waals surface area contributed by atoms with Crippen LogP contribution in [0.5, 0.6) is 0 Å². The Morgan fingerprint density at radius 2 is 1.89 bits per heavy atom. The Kier molecular flexibility index (Phi) is 5.92. The number of likely N-dealkylation sites (tertiary alicyclic amines) is 1. The summed E-state index contributed by atoms with van der Waals surface area (Å²) in [5.74, 6) is 0.124. The number of aromatic amines is 1. The number of rotatable bonds is 6. The molecule has 4 heterocycles. The summed E-state index contributed by atoms with van der Waals surface area (Å²) in [6.45, 7) is 5.61. The quantitative estimate of drug-likeness (QED) is 0.363. The van der Waals surface area contributed by atoms with Gasteiger partial charge in [-0.2, -0.15) is 0 Å². The highest BCUT2D eigenvalue weighted by atomic mass is 16.2. The lowest BCUT2D eigenvalue weighted by Gasteiger charge is -2.38. The fourth-order valence-electron chi connectivity index (χ4n) is 5.21. The van der Waals surface area contributed by atoms with Crippen LogP contribution in [-0.2, 0) is 16.1 Å². The van der Waals surface area contributed by atoms with Crippen molar-refractivity contribution in [3.05, 3.63) is 54.4 Å². The van der Waals surface area contributed by atoms with Crippen LogP contribution in [0, 0.1) is 11.8 Å². The van der Waals surface area contributed by atoms with E-state index < -0.39 is 11.8 Å². The number of H-pyrrole nitrogens is 1. The molecule has 9 heteroatoms. The van der Waals surface area contributed by atoms with E-state index in [-0.39, 0.29) is 6.04 Å². The van der Waals surface area contributed by atoms with Gasteiger partial charge >= 0.3 is 11.8 Å². The zero-order valence-electron chi connectivity index (χ0n) is 20.4. The van der Waals surface area contributed by atoms with Crippen LogP contribution in [0.4, 0.5) is 5.82 Å². The first-order chi connectivity index (χ1) is 17.6. The SMILES string of the molecule is C[C@@H]1CCN(Cc2ccccc2)C[C@@H]1n1[nH]c(NC(=O)C(=O)NCC2CC2)c2cnc3nccc3c21. The van der Waals surface area contributed by atoms with Gasteiger partial charge in [0.1, 0.15) is 5.82 Å². The molecular formula is C27H31N7O2. The van der Waals surface area contributed by atoms with Crippen molar-refractivity contribution in [1.82, 2.24) is 30.0 Å². The number of carbonyl (C=O) groups excluding carboxylic acids is 2. The first-order valence-corrected chi connectivity index (χ1v) is 12.8. The number of hydrogen-bond donors (Lipinski definition) is 3. The van der Waals surface area contributed by atoms with E-state index in [2.05, 4.69) is 66.5 Å². The van der Waals surface area contributed by atoms with Gasteiger partial charge in [0, 0.05) is 37.4 Å². The topological polar surface area (TPSA) is 108 Å². The van der Waals surface area contributed by atoms with Crippen molar-refractivity contribution in [2.45, 2.75) is 38.8 Å². The fraction of sp³-hybridized carbons (Fsp3) is 0.407. The van der Waals surface area contributed by atoms with Crippen molar-refractivity contribution in [2.24, 2.45) is 11.8 Å². The second-order valence-electron chi connectivity index (χ2n) is 10.2. The monoisotopic (exact) mass is 485 g/mol. The third-order valence-corrected chi connectivity index (χ3v) is 7.52. The van der Waals surface area contributed by atoms with Crippen molar-refractivity contribution in [1.29, 1.82) is 0 Å². The fourth-order valence-corrected chi connectivity index (χ4v) is 5.21. The molecule has 2 amide bonds. The smallest absolute Gasteiger partial charge is 0.314 e. The number of nitrogens with zero attached hydrogens (tertiary/aromatic N) is 4. The molecule has 1 aromatic carbocycles. The van der Waals surface area contributed by atoms with Crippen LogP contribution in [-0.4, -0.2) is 56.1 Å². The molecule has 4 aromatic rings. The standard InChI is InChI=1S/C27H31N7O2/c1-17-10-12-33(15-19-5-3-2-4-6-19)16-22(17)34-23-20-9-11-28-24(20)29-14-21(23)25(32-34)31-27(36)26(35)30-13-18-7-8-18/h2-6,9,11,14,17-18,22,32H,7-8,10,12-13,15-16H2,1H3,(H,30,35)(H,31,36)/t17-,22+/m1/s1. The summed E-state index contributed by atoms with van der Waals surface area (Å²) in [5, 5.41) is 10.7. The van der Waals surface area contributed by atoms with Gasteiger partial charge < -0.3 is 10.6 Å².